The van der Waals surface area contributed by atoms with E-state index in [0.717, 1.165) is 22.9 Å². The SMILES string of the molecule is Cc1nc(C)nc(-c2cc3ccccc3[nH]2)n1. The highest BCUT2D eigenvalue weighted by molar-refractivity contribution is 5.84. The van der Waals surface area contributed by atoms with Crippen molar-refractivity contribution in [2.45, 2.75) is 13.8 Å². The zero-order valence-electron chi connectivity index (χ0n) is 9.73. The van der Waals surface area contributed by atoms with Gasteiger partial charge in [-0.3, -0.25) is 0 Å². The van der Waals surface area contributed by atoms with Crippen molar-refractivity contribution in [3.05, 3.63) is 42.0 Å². The molecular weight excluding hydrogens is 212 g/mol. The molecule has 0 spiro atoms. The molecule has 0 radical (unpaired) electrons. The molecule has 0 aliphatic rings. The summed E-state index contributed by atoms with van der Waals surface area (Å²) in [5.74, 6) is 2.18. The van der Waals surface area contributed by atoms with Gasteiger partial charge in [-0.2, -0.15) is 0 Å². The molecule has 0 unspecified atom stereocenters. The largest absolute Gasteiger partial charge is 0.352 e. The Kier molecular flexibility index (Phi) is 2.14. The van der Waals surface area contributed by atoms with E-state index in [1.54, 1.807) is 0 Å². The highest BCUT2D eigenvalue weighted by atomic mass is 15.0. The van der Waals surface area contributed by atoms with Gasteiger partial charge in [-0.15, -0.1) is 0 Å². The molecule has 3 aromatic rings. The molecule has 0 bridgehead atoms. The summed E-state index contributed by atoms with van der Waals surface area (Å²) < 4.78 is 0. The minimum atomic E-state index is 0.700. The van der Waals surface area contributed by atoms with Crippen LogP contribution in [0.25, 0.3) is 22.4 Å². The summed E-state index contributed by atoms with van der Waals surface area (Å²) in [6.07, 6.45) is 0. The number of H-pyrrole nitrogens is 1. The standard InChI is InChI=1S/C13H12N4/c1-8-14-9(2)16-13(15-8)12-7-10-5-3-4-6-11(10)17-12/h3-7,17H,1-2H3. The third kappa shape index (κ3) is 1.78. The van der Waals surface area contributed by atoms with E-state index in [0.29, 0.717) is 5.82 Å². The summed E-state index contributed by atoms with van der Waals surface area (Å²) in [6, 6.07) is 10.2. The first-order valence-electron chi connectivity index (χ1n) is 5.50. The molecule has 0 aliphatic heterocycles. The van der Waals surface area contributed by atoms with Crippen LogP contribution in [0.3, 0.4) is 0 Å². The predicted molar refractivity (Wildman–Crippen MR) is 66.6 cm³/mol. The van der Waals surface area contributed by atoms with Gasteiger partial charge in [0.2, 0.25) is 0 Å². The van der Waals surface area contributed by atoms with Gasteiger partial charge in [-0.1, -0.05) is 18.2 Å². The number of fused-ring (bicyclic) bond motifs is 1. The molecule has 0 saturated heterocycles. The van der Waals surface area contributed by atoms with Crippen molar-refractivity contribution >= 4 is 10.9 Å². The first-order chi connectivity index (χ1) is 8.22. The molecule has 0 atom stereocenters. The van der Waals surface area contributed by atoms with Crippen LogP contribution in [0.4, 0.5) is 0 Å². The van der Waals surface area contributed by atoms with Crippen LogP contribution in [0.15, 0.2) is 30.3 Å². The van der Waals surface area contributed by atoms with Crippen molar-refractivity contribution in [1.29, 1.82) is 0 Å². The number of aromatic amines is 1. The second-order valence-corrected chi connectivity index (χ2v) is 4.02. The van der Waals surface area contributed by atoms with Gasteiger partial charge in [0.25, 0.3) is 0 Å². The van der Waals surface area contributed by atoms with E-state index < -0.39 is 0 Å². The summed E-state index contributed by atoms with van der Waals surface area (Å²) in [6.45, 7) is 3.75. The fourth-order valence-electron chi connectivity index (χ4n) is 1.93. The molecule has 0 fully saturated rings. The molecule has 2 heterocycles. The molecule has 0 aliphatic carbocycles. The van der Waals surface area contributed by atoms with Gasteiger partial charge in [0.15, 0.2) is 5.82 Å². The molecule has 1 N–H and O–H groups in total. The lowest BCUT2D eigenvalue weighted by molar-refractivity contribution is 0.925. The average Bonchev–Trinajstić information content (AvgIpc) is 2.71. The molecule has 0 amide bonds. The van der Waals surface area contributed by atoms with E-state index in [-0.39, 0.29) is 0 Å². The lowest BCUT2D eigenvalue weighted by Gasteiger charge is -1.99. The Morgan fingerprint density at radius 2 is 1.65 bits per heavy atom. The summed E-state index contributed by atoms with van der Waals surface area (Å²) in [5, 5.41) is 1.17. The third-order valence-electron chi connectivity index (χ3n) is 2.63. The van der Waals surface area contributed by atoms with Gasteiger partial charge >= 0.3 is 0 Å². The van der Waals surface area contributed by atoms with Crippen LogP contribution >= 0.6 is 0 Å². The van der Waals surface area contributed by atoms with Crippen molar-refractivity contribution in [3.8, 4) is 11.5 Å². The Labute approximate surface area is 98.8 Å². The van der Waals surface area contributed by atoms with Gasteiger partial charge in [0.1, 0.15) is 11.6 Å². The van der Waals surface area contributed by atoms with Crippen LogP contribution in [0, 0.1) is 13.8 Å². The summed E-state index contributed by atoms with van der Waals surface area (Å²) in [7, 11) is 0. The third-order valence-corrected chi connectivity index (χ3v) is 2.63. The molecule has 2 aromatic heterocycles. The Morgan fingerprint density at radius 1 is 0.941 bits per heavy atom. The highest BCUT2D eigenvalue weighted by Gasteiger charge is 2.07. The van der Waals surface area contributed by atoms with Crippen molar-refractivity contribution in [1.82, 2.24) is 19.9 Å². The predicted octanol–water partition coefficient (Wildman–Crippen LogP) is 2.64. The molecule has 3 rings (SSSR count). The Bertz CT molecular complexity index is 631. The molecule has 4 heteroatoms. The Hall–Kier alpha value is -2.23. The lowest BCUT2D eigenvalue weighted by Crippen LogP contribution is -1.98. The van der Waals surface area contributed by atoms with Crippen molar-refractivity contribution < 1.29 is 0 Å². The maximum absolute atomic E-state index is 4.35. The van der Waals surface area contributed by atoms with Gasteiger partial charge in [0, 0.05) is 10.9 Å². The summed E-state index contributed by atoms with van der Waals surface area (Å²) in [5.41, 5.74) is 2.03. The molecule has 0 saturated carbocycles. The zero-order valence-corrected chi connectivity index (χ0v) is 9.73. The van der Waals surface area contributed by atoms with Gasteiger partial charge in [0.05, 0.1) is 5.69 Å². The highest BCUT2D eigenvalue weighted by Crippen LogP contribution is 2.21. The Morgan fingerprint density at radius 3 is 2.35 bits per heavy atom. The molecule has 4 nitrogen and oxygen atoms in total. The summed E-state index contributed by atoms with van der Waals surface area (Å²) >= 11 is 0. The van der Waals surface area contributed by atoms with Crippen LogP contribution in [-0.4, -0.2) is 19.9 Å². The zero-order chi connectivity index (χ0) is 11.8. The number of para-hydroxylation sites is 1. The molecular formula is C13H12N4. The van der Waals surface area contributed by atoms with Crippen LogP contribution in [-0.2, 0) is 0 Å². The Balaban J connectivity index is 2.20. The van der Waals surface area contributed by atoms with E-state index in [1.807, 2.05) is 32.0 Å². The molecule has 84 valence electrons. The van der Waals surface area contributed by atoms with E-state index in [9.17, 15) is 0 Å². The van der Waals surface area contributed by atoms with Gasteiger partial charge < -0.3 is 4.98 Å². The van der Waals surface area contributed by atoms with Gasteiger partial charge in [-0.05, 0) is 26.0 Å². The van der Waals surface area contributed by atoms with Crippen LogP contribution in [0.1, 0.15) is 11.6 Å². The maximum atomic E-state index is 4.35. The molecule has 17 heavy (non-hydrogen) atoms. The number of nitrogens with one attached hydrogen (secondary N) is 1. The monoisotopic (exact) mass is 224 g/mol. The first kappa shape index (κ1) is 9.96. The van der Waals surface area contributed by atoms with E-state index >= 15 is 0 Å². The second kappa shape index (κ2) is 3.66. The topological polar surface area (TPSA) is 54.5 Å². The number of rotatable bonds is 1. The maximum Gasteiger partial charge on any atom is 0.179 e. The number of aromatic nitrogens is 4. The fourth-order valence-corrected chi connectivity index (χ4v) is 1.93. The van der Waals surface area contributed by atoms with Crippen molar-refractivity contribution in [3.63, 3.8) is 0 Å². The lowest BCUT2D eigenvalue weighted by atomic mass is 10.2. The van der Waals surface area contributed by atoms with Crippen LogP contribution in [0.5, 0.6) is 0 Å². The van der Waals surface area contributed by atoms with Crippen molar-refractivity contribution in [2.75, 3.05) is 0 Å². The number of hydrogen-bond acceptors (Lipinski definition) is 3. The molecule has 1 aromatic carbocycles. The van der Waals surface area contributed by atoms with Crippen LogP contribution < -0.4 is 0 Å². The smallest absolute Gasteiger partial charge is 0.179 e. The van der Waals surface area contributed by atoms with Crippen LogP contribution in [0.2, 0.25) is 0 Å². The first-order valence-corrected chi connectivity index (χ1v) is 5.50. The van der Waals surface area contributed by atoms with Gasteiger partial charge in [-0.25, -0.2) is 15.0 Å². The van der Waals surface area contributed by atoms with E-state index in [4.69, 9.17) is 0 Å². The van der Waals surface area contributed by atoms with Crippen molar-refractivity contribution in [2.24, 2.45) is 0 Å². The summed E-state index contributed by atoms with van der Waals surface area (Å²) in [4.78, 5) is 16.2. The van der Waals surface area contributed by atoms with E-state index in [2.05, 4.69) is 32.1 Å². The quantitative estimate of drug-likeness (QED) is 0.691. The number of hydrogen-bond donors (Lipinski definition) is 1. The number of aryl methyl sites for hydroxylation is 2. The fraction of sp³-hybridized carbons (Fsp3) is 0.154. The normalized spacial score (nSPS) is 10.9. The van der Waals surface area contributed by atoms with E-state index in [1.165, 1.54) is 5.39 Å². The minimum absolute atomic E-state index is 0.700. The number of benzene rings is 1. The average molecular weight is 224 g/mol. The number of nitrogens with zero attached hydrogens (tertiary/aromatic N) is 3. The minimum Gasteiger partial charge on any atom is -0.352 e. The second-order valence-electron chi connectivity index (χ2n) is 4.02.